The van der Waals surface area contributed by atoms with Crippen LogP contribution in [0.15, 0.2) is 30.7 Å². The molecule has 0 radical (unpaired) electrons. The van der Waals surface area contributed by atoms with Crippen LogP contribution < -0.4 is 9.64 Å². The van der Waals surface area contributed by atoms with E-state index in [2.05, 4.69) is 14.9 Å². The Bertz CT molecular complexity index is 1560. The molecule has 2 bridgehead atoms. The van der Waals surface area contributed by atoms with Crippen LogP contribution in [0.5, 0.6) is 11.5 Å². The molecule has 5 aliphatic rings. The molecule has 5 fully saturated rings. The van der Waals surface area contributed by atoms with Crippen LogP contribution in [0.2, 0.25) is 0 Å². The molecule has 12 heteroatoms. The van der Waals surface area contributed by atoms with Gasteiger partial charge in [-0.05, 0) is 111 Å². The second-order valence-electron chi connectivity index (χ2n) is 15.9. The van der Waals surface area contributed by atoms with Crippen molar-refractivity contribution in [1.29, 1.82) is 0 Å². The maximum Gasteiger partial charge on any atom is 0.411 e. The van der Waals surface area contributed by atoms with Gasteiger partial charge >= 0.3 is 6.09 Å². The number of carbonyl (C=O) groups is 3. The predicted molar refractivity (Wildman–Crippen MR) is 183 cm³/mol. The summed E-state index contributed by atoms with van der Waals surface area (Å²) in [5.41, 5.74) is -0.627. The number of benzene rings is 1. The molecule has 1 aromatic carbocycles. The lowest BCUT2D eigenvalue weighted by Crippen LogP contribution is -2.63. The summed E-state index contributed by atoms with van der Waals surface area (Å²) in [4.78, 5) is 57.6. The average molecular weight is 679 g/mol. The monoisotopic (exact) mass is 678 g/mol. The molecular formula is C37H51FN6O5. The Labute approximate surface area is 289 Å². The number of aromatic nitrogens is 2. The number of fused-ring (bicyclic) bond motifs is 3. The van der Waals surface area contributed by atoms with Gasteiger partial charge in [-0.1, -0.05) is 0 Å². The number of rotatable bonds is 7. The van der Waals surface area contributed by atoms with Crippen molar-refractivity contribution in [3.8, 4) is 11.5 Å². The highest BCUT2D eigenvalue weighted by molar-refractivity contribution is 5.97. The van der Waals surface area contributed by atoms with Crippen LogP contribution in [0.3, 0.4) is 0 Å². The molecule has 7 rings (SSSR count). The number of likely N-dealkylation sites (tertiary alicyclic amines) is 1. The molecule has 4 saturated heterocycles. The zero-order chi connectivity index (χ0) is 35.2. The van der Waals surface area contributed by atoms with E-state index in [1.54, 1.807) is 16.0 Å². The highest BCUT2D eigenvalue weighted by Gasteiger charge is 2.53. The highest BCUT2D eigenvalue weighted by Crippen LogP contribution is 2.46. The van der Waals surface area contributed by atoms with E-state index in [0.29, 0.717) is 37.7 Å². The maximum atomic E-state index is 14.5. The highest BCUT2D eigenvalue weighted by atomic mass is 19.1. The van der Waals surface area contributed by atoms with Crippen molar-refractivity contribution in [2.45, 2.75) is 117 Å². The summed E-state index contributed by atoms with van der Waals surface area (Å²) in [5.74, 6) is 0.542. The van der Waals surface area contributed by atoms with Crippen molar-refractivity contribution in [3.63, 3.8) is 0 Å². The first-order valence-corrected chi connectivity index (χ1v) is 17.8. The van der Waals surface area contributed by atoms with Crippen molar-refractivity contribution < 1.29 is 28.2 Å². The number of hydrogen-bond acceptors (Lipinski definition) is 8. The number of piperidine rings is 2. The number of carbonyl (C=O) groups excluding carboxylic acids is 3. The quantitative estimate of drug-likeness (QED) is 0.337. The van der Waals surface area contributed by atoms with E-state index in [4.69, 9.17) is 9.47 Å². The van der Waals surface area contributed by atoms with E-state index in [-0.39, 0.29) is 58.7 Å². The molecule has 49 heavy (non-hydrogen) atoms. The molecular weight excluding hydrogens is 627 g/mol. The summed E-state index contributed by atoms with van der Waals surface area (Å²) in [6, 6.07) is 3.35. The molecule has 1 unspecified atom stereocenters. The van der Waals surface area contributed by atoms with E-state index in [9.17, 15) is 18.8 Å². The SMILES string of the molecule is CC(C)N(C(=O)c1cc(F)ccc1Oc1cncnc1N1CCC2(CCN(C(=O)[C@H]3C4CCC(CC4)N3C(=O)OC(C)(C)C)C2)C1)C(C)C. The molecule has 0 N–H and O–H groups in total. The zero-order valence-electron chi connectivity index (χ0n) is 29.9. The summed E-state index contributed by atoms with van der Waals surface area (Å²) in [5, 5.41) is 0. The standard InChI is InChI=1S/C37H51FN6O5/c1-23(2)43(24(3)4)33(45)28-18-26(38)10-13-29(28)48-30-19-39-22-40-32(30)41-16-14-37(20-41)15-17-42(21-37)34(46)31-25-8-11-27(12-9-25)44(31)35(47)49-36(5,6)7/h10,13,18-19,22-25,27,31H,8-9,11-12,14-17,20-21H2,1-7H3/t25?,27?,31-,37?/m1/s1. The van der Waals surface area contributed by atoms with Gasteiger partial charge in [0.15, 0.2) is 11.6 Å². The molecule has 4 aliphatic heterocycles. The Morgan fingerprint density at radius 2 is 1.67 bits per heavy atom. The molecule has 11 nitrogen and oxygen atoms in total. The van der Waals surface area contributed by atoms with E-state index < -0.39 is 17.5 Å². The van der Waals surface area contributed by atoms with E-state index >= 15 is 0 Å². The Kier molecular flexibility index (Phi) is 9.54. The smallest absolute Gasteiger partial charge is 0.411 e. The Morgan fingerprint density at radius 1 is 0.980 bits per heavy atom. The molecule has 2 aromatic rings. The van der Waals surface area contributed by atoms with Gasteiger partial charge in [-0.2, -0.15) is 0 Å². The van der Waals surface area contributed by atoms with Gasteiger partial charge in [-0.15, -0.1) is 0 Å². The molecule has 1 saturated carbocycles. The topological polar surface area (TPSA) is 108 Å². The first-order valence-electron chi connectivity index (χ1n) is 17.8. The van der Waals surface area contributed by atoms with Crippen LogP contribution >= 0.6 is 0 Å². The lowest BCUT2D eigenvalue weighted by Gasteiger charge is -2.51. The van der Waals surface area contributed by atoms with Gasteiger partial charge in [0.25, 0.3) is 5.91 Å². The summed E-state index contributed by atoms with van der Waals surface area (Å²) in [6.07, 6.45) is 8.11. The van der Waals surface area contributed by atoms with Gasteiger partial charge in [0.1, 0.15) is 29.5 Å². The fourth-order valence-corrected chi connectivity index (χ4v) is 8.51. The predicted octanol–water partition coefficient (Wildman–Crippen LogP) is 6.27. The molecule has 5 heterocycles. The first kappa shape index (κ1) is 34.9. The van der Waals surface area contributed by atoms with Gasteiger partial charge in [-0.3, -0.25) is 14.5 Å². The molecule has 1 aromatic heterocycles. The fourth-order valence-electron chi connectivity index (χ4n) is 8.51. The van der Waals surface area contributed by atoms with E-state index in [1.807, 2.05) is 53.4 Å². The summed E-state index contributed by atoms with van der Waals surface area (Å²) >= 11 is 0. The van der Waals surface area contributed by atoms with Crippen LogP contribution in [-0.2, 0) is 9.53 Å². The van der Waals surface area contributed by atoms with Crippen molar-refractivity contribution >= 4 is 23.7 Å². The summed E-state index contributed by atoms with van der Waals surface area (Å²) in [6.45, 7) is 15.9. The second-order valence-corrected chi connectivity index (χ2v) is 15.9. The van der Waals surface area contributed by atoms with Gasteiger partial charge < -0.3 is 24.2 Å². The third-order valence-corrected chi connectivity index (χ3v) is 10.6. The number of ether oxygens (including phenoxy) is 2. The van der Waals surface area contributed by atoms with Gasteiger partial charge in [0.2, 0.25) is 5.91 Å². The molecule has 1 aliphatic carbocycles. The van der Waals surface area contributed by atoms with Gasteiger partial charge in [-0.25, -0.2) is 19.2 Å². The van der Waals surface area contributed by atoms with Crippen LogP contribution in [0.1, 0.15) is 97.3 Å². The van der Waals surface area contributed by atoms with Crippen molar-refractivity contribution in [2.24, 2.45) is 11.3 Å². The largest absolute Gasteiger partial charge is 0.451 e. The minimum Gasteiger partial charge on any atom is -0.451 e. The fraction of sp³-hybridized carbons (Fsp3) is 0.649. The average Bonchev–Trinajstić information content (AvgIpc) is 3.66. The molecule has 2 atom stereocenters. The van der Waals surface area contributed by atoms with Crippen molar-refractivity contribution in [2.75, 3.05) is 31.1 Å². The Morgan fingerprint density at radius 3 is 2.35 bits per heavy atom. The number of halogens is 1. The van der Waals surface area contributed by atoms with Crippen LogP contribution in [0, 0.1) is 17.2 Å². The number of anilines is 1. The van der Waals surface area contributed by atoms with Crippen LogP contribution in [0.25, 0.3) is 0 Å². The third kappa shape index (κ3) is 7.05. The molecule has 3 amide bonds. The molecule has 1 spiro atoms. The van der Waals surface area contributed by atoms with Crippen molar-refractivity contribution in [1.82, 2.24) is 24.7 Å². The van der Waals surface area contributed by atoms with E-state index in [0.717, 1.165) is 38.5 Å². The minimum atomic E-state index is -0.633. The Hall–Kier alpha value is -3.96. The first-order chi connectivity index (χ1) is 23.2. The van der Waals surface area contributed by atoms with E-state index in [1.165, 1.54) is 24.5 Å². The number of hydrogen-bond donors (Lipinski definition) is 0. The Balaban J connectivity index is 1.18. The van der Waals surface area contributed by atoms with Gasteiger partial charge in [0, 0.05) is 49.7 Å². The normalized spacial score (nSPS) is 25.1. The minimum absolute atomic E-state index is 0.0342. The third-order valence-electron chi connectivity index (χ3n) is 10.6. The van der Waals surface area contributed by atoms with Crippen molar-refractivity contribution in [3.05, 3.63) is 42.1 Å². The second kappa shape index (κ2) is 13.4. The number of nitrogens with zero attached hydrogens (tertiary/aromatic N) is 6. The zero-order valence-corrected chi connectivity index (χ0v) is 29.9. The number of amides is 3. The van der Waals surface area contributed by atoms with Crippen LogP contribution in [-0.4, -0.2) is 98.5 Å². The lowest BCUT2D eigenvalue weighted by atomic mass is 9.74. The summed E-state index contributed by atoms with van der Waals surface area (Å²) < 4.78 is 26.6. The van der Waals surface area contributed by atoms with Gasteiger partial charge in [0.05, 0.1) is 11.8 Å². The summed E-state index contributed by atoms with van der Waals surface area (Å²) in [7, 11) is 0. The lowest BCUT2D eigenvalue weighted by molar-refractivity contribution is -0.145. The van der Waals surface area contributed by atoms with Crippen LogP contribution in [0.4, 0.5) is 15.0 Å². The maximum absolute atomic E-state index is 14.5. The molecule has 266 valence electrons.